The molecule has 0 radical (unpaired) electrons. The van der Waals surface area contributed by atoms with E-state index in [9.17, 15) is 9.59 Å². The number of hydrogen-bond acceptors (Lipinski definition) is 5. The van der Waals surface area contributed by atoms with Crippen LogP contribution in [0.25, 0.3) is 0 Å². The van der Waals surface area contributed by atoms with E-state index in [2.05, 4.69) is 48.8 Å². The number of hydrogen-bond donors (Lipinski definition) is 2. The number of benzene rings is 2. The van der Waals surface area contributed by atoms with Crippen LogP contribution in [-0.2, 0) is 11.3 Å². The van der Waals surface area contributed by atoms with Gasteiger partial charge in [-0.2, -0.15) is 5.10 Å². The molecule has 0 unspecified atom stereocenters. The molecular formula is C21H21BrN4O2. The Bertz CT molecular complexity index is 934. The van der Waals surface area contributed by atoms with Gasteiger partial charge in [-0.25, -0.2) is 0 Å². The first kappa shape index (κ1) is 18.8. The van der Waals surface area contributed by atoms with Crippen molar-refractivity contribution in [3.8, 4) is 0 Å². The van der Waals surface area contributed by atoms with Crippen LogP contribution >= 0.6 is 15.9 Å². The Balaban J connectivity index is 1.49. The lowest BCUT2D eigenvalue weighted by atomic mass is 9.98. The number of nitrogens with one attached hydrogen (secondary N) is 2. The monoisotopic (exact) mass is 440 g/mol. The van der Waals surface area contributed by atoms with Crippen LogP contribution in [0.3, 0.4) is 0 Å². The van der Waals surface area contributed by atoms with Gasteiger partial charge in [0.25, 0.3) is 11.8 Å². The minimum absolute atomic E-state index is 0.188. The lowest BCUT2D eigenvalue weighted by molar-refractivity contribution is -0.114. The second kappa shape index (κ2) is 8.24. The van der Waals surface area contributed by atoms with Crippen LogP contribution in [0.1, 0.15) is 40.7 Å². The van der Waals surface area contributed by atoms with Crippen LogP contribution < -0.4 is 10.7 Å². The lowest BCUT2D eigenvalue weighted by Crippen LogP contribution is -2.42. The number of likely N-dealkylation sites (tertiary alicyclic amines) is 1. The number of imide groups is 1. The summed E-state index contributed by atoms with van der Waals surface area (Å²) in [5.41, 5.74) is 6.12. The van der Waals surface area contributed by atoms with Crippen molar-refractivity contribution in [1.82, 2.24) is 10.2 Å². The van der Waals surface area contributed by atoms with Crippen molar-refractivity contribution in [2.75, 3.05) is 18.5 Å². The number of anilines is 1. The Morgan fingerprint density at radius 3 is 2.46 bits per heavy atom. The van der Waals surface area contributed by atoms with Gasteiger partial charge >= 0.3 is 0 Å². The molecule has 7 heteroatoms. The number of hydrazone groups is 1. The van der Waals surface area contributed by atoms with Gasteiger partial charge in [-0.05, 0) is 61.8 Å². The van der Waals surface area contributed by atoms with Gasteiger partial charge in [0.05, 0.1) is 5.69 Å². The summed E-state index contributed by atoms with van der Waals surface area (Å²) in [5, 5.41) is 6.59. The Kier molecular flexibility index (Phi) is 5.54. The second-order valence-corrected chi connectivity index (χ2v) is 7.99. The third-order valence-electron chi connectivity index (χ3n) is 5.03. The molecule has 0 spiro atoms. The fraction of sp³-hybridized carbons (Fsp3) is 0.286. The molecule has 2 aliphatic rings. The standard InChI is InChI=1S/C21H21BrN4O2/c22-15-6-9-17-18(12-15)19(21(28)23-20(17)27)25-24-16-7-4-14(5-8-16)13-26-10-2-1-3-11-26/h4-9,12,24H,1-3,10-11,13H2,(H,23,27,28)/b25-19-. The normalized spacial score (nSPS) is 18.7. The fourth-order valence-corrected chi connectivity index (χ4v) is 3.92. The molecule has 144 valence electrons. The molecule has 1 saturated heterocycles. The van der Waals surface area contributed by atoms with E-state index in [1.54, 1.807) is 18.2 Å². The van der Waals surface area contributed by atoms with Gasteiger partial charge < -0.3 is 0 Å². The van der Waals surface area contributed by atoms with E-state index < -0.39 is 11.8 Å². The molecule has 0 aliphatic carbocycles. The third kappa shape index (κ3) is 4.15. The highest BCUT2D eigenvalue weighted by molar-refractivity contribution is 9.10. The average Bonchev–Trinajstić information content (AvgIpc) is 2.69. The smallest absolute Gasteiger partial charge is 0.279 e. The van der Waals surface area contributed by atoms with Crippen LogP contribution in [0.4, 0.5) is 5.69 Å². The van der Waals surface area contributed by atoms with E-state index in [0.29, 0.717) is 11.1 Å². The average molecular weight is 441 g/mol. The molecule has 0 aromatic heterocycles. The van der Waals surface area contributed by atoms with Crippen molar-refractivity contribution >= 4 is 39.1 Å². The van der Waals surface area contributed by atoms with Crippen molar-refractivity contribution in [1.29, 1.82) is 0 Å². The molecule has 2 aromatic rings. The summed E-state index contributed by atoms with van der Waals surface area (Å²) in [6.45, 7) is 3.29. The summed E-state index contributed by atoms with van der Waals surface area (Å²) in [5.74, 6) is -0.918. The van der Waals surface area contributed by atoms with Crippen molar-refractivity contribution in [3.05, 3.63) is 63.6 Å². The minimum Gasteiger partial charge on any atom is -0.299 e. The van der Waals surface area contributed by atoms with Gasteiger partial charge in [0.1, 0.15) is 0 Å². The largest absolute Gasteiger partial charge is 0.299 e. The molecule has 2 aromatic carbocycles. The van der Waals surface area contributed by atoms with Crippen molar-refractivity contribution in [2.24, 2.45) is 5.10 Å². The SMILES string of the molecule is O=C1NC(=O)c2ccc(Br)cc2/C1=N/Nc1ccc(CN2CCCCC2)cc1. The van der Waals surface area contributed by atoms with Gasteiger partial charge in [-0.3, -0.25) is 25.2 Å². The zero-order valence-electron chi connectivity index (χ0n) is 15.4. The molecule has 2 aliphatic heterocycles. The molecule has 0 bridgehead atoms. The van der Waals surface area contributed by atoms with Gasteiger partial charge in [0.15, 0.2) is 5.71 Å². The van der Waals surface area contributed by atoms with E-state index in [-0.39, 0.29) is 5.71 Å². The highest BCUT2D eigenvalue weighted by atomic mass is 79.9. The molecule has 2 heterocycles. The molecule has 6 nitrogen and oxygen atoms in total. The maximum Gasteiger partial charge on any atom is 0.279 e. The van der Waals surface area contributed by atoms with Gasteiger partial charge in [0, 0.05) is 22.1 Å². The predicted octanol–water partition coefficient (Wildman–Crippen LogP) is 3.52. The summed E-state index contributed by atoms with van der Waals surface area (Å²) in [6.07, 6.45) is 3.89. The first-order valence-corrected chi connectivity index (χ1v) is 10.2. The Hall–Kier alpha value is -2.51. The summed E-state index contributed by atoms with van der Waals surface area (Å²) >= 11 is 3.38. The van der Waals surface area contributed by atoms with E-state index in [1.165, 1.54) is 24.8 Å². The quantitative estimate of drug-likeness (QED) is 0.563. The van der Waals surface area contributed by atoms with Crippen LogP contribution in [0.15, 0.2) is 52.0 Å². The van der Waals surface area contributed by atoms with Gasteiger partial charge in [0.2, 0.25) is 0 Å². The molecule has 1 fully saturated rings. The number of rotatable bonds is 4. The maximum atomic E-state index is 12.3. The summed E-state index contributed by atoms with van der Waals surface area (Å²) in [7, 11) is 0. The Morgan fingerprint density at radius 1 is 0.964 bits per heavy atom. The fourth-order valence-electron chi connectivity index (χ4n) is 3.55. The van der Waals surface area contributed by atoms with Gasteiger partial charge in [-0.1, -0.05) is 34.5 Å². The number of piperidine rings is 1. The zero-order valence-corrected chi connectivity index (χ0v) is 17.0. The number of carbonyl (C=O) groups is 2. The van der Waals surface area contributed by atoms with Crippen molar-refractivity contribution < 1.29 is 9.59 Å². The summed E-state index contributed by atoms with van der Waals surface area (Å²) in [4.78, 5) is 26.7. The molecule has 4 rings (SSSR count). The van der Waals surface area contributed by atoms with Crippen molar-refractivity contribution in [2.45, 2.75) is 25.8 Å². The number of amides is 2. The molecule has 28 heavy (non-hydrogen) atoms. The van der Waals surface area contributed by atoms with Crippen LogP contribution in [-0.4, -0.2) is 35.5 Å². The molecule has 0 saturated carbocycles. The van der Waals surface area contributed by atoms with Crippen LogP contribution in [0.5, 0.6) is 0 Å². The van der Waals surface area contributed by atoms with Crippen molar-refractivity contribution in [3.63, 3.8) is 0 Å². The predicted molar refractivity (Wildman–Crippen MR) is 112 cm³/mol. The first-order valence-electron chi connectivity index (χ1n) is 9.41. The number of carbonyl (C=O) groups excluding carboxylic acids is 2. The van der Waals surface area contributed by atoms with Crippen LogP contribution in [0.2, 0.25) is 0 Å². The maximum absolute atomic E-state index is 12.3. The molecular weight excluding hydrogens is 420 g/mol. The van der Waals surface area contributed by atoms with Crippen LogP contribution in [0, 0.1) is 0 Å². The summed E-state index contributed by atoms with van der Waals surface area (Å²) in [6, 6.07) is 13.2. The minimum atomic E-state index is -0.509. The highest BCUT2D eigenvalue weighted by Gasteiger charge is 2.29. The first-order chi connectivity index (χ1) is 13.6. The van der Waals surface area contributed by atoms with E-state index in [4.69, 9.17) is 0 Å². The number of nitrogens with zero attached hydrogens (tertiary/aromatic N) is 2. The highest BCUT2D eigenvalue weighted by Crippen LogP contribution is 2.21. The molecule has 2 N–H and O–H groups in total. The number of fused-ring (bicyclic) bond motifs is 1. The van der Waals surface area contributed by atoms with E-state index >= 15 is 0 Å². The second-order valence-electron chi connectivity index (χ2n) is 7.08. The topological polar surface area (TPSA) is 73.8 Å². The Morgan fingerprint density at radius 2 is 1.71 bits per heavy atom. The van der Waals surface area contributed by atoms with Gasteiger partial charge in [-0.15, -0.1) is 0 Å². The Labute approximate surface area is 172 Å². The third-order valence-corrected chi connectivity index (χ3v) is 5.52. The molecule has 2 amide bonds. The molecule has 0 atom stereocenters. The van der Waals surface area contributed by atoms with E-state index in [1.807, 2.05) is 12.1 Å². The zero-order chi connectivity index (χ0) is 19.5. The number of halogens is 1. The van der Waals surface area contributed by atoms with E-state index in [0.717, 1.165) is 29.8 Å². The lowest BCUT2D eigenvalue weighted by Gasteiger charge is -2.26. The summed E-state index contributed by atoms with van der Waals surface area (Å²) < 4.78 is 0.781.